The molecule has 142 valence electrons. The molecule has 3 N–H and O–H groups in total. The van der Waals surface area contributed by atoms with Crippen LogP contribution in [0.3, 0.4) is 0 Å². The number of benzene rings is 1. The highest BCUT2D eigenvalue weighted by atomic mass is 16.2. The fourth-order valence-electron chi connectivity index (χ4n) is 5.07. The Kier molecular flexibility index (Phi) is 4.02. The first kappa shape index (κ1) is 16.9. The third-order valence-electron chi connectivity index (χ3n) is 6.49. The van der Waals surface area contributed by atoms with E-state index in [0.29, 0.717) is 30.6 Å². The number of carbonyl (C=O) groups is 3. The first-order valence-electron chi connectivity index (χ1n) is 9.82. The van der Waals surface area contributed by atoms with E-state index < -0.39 is 6.04 Å². The standard InChI is InChI=1S/C20H24N4O3/c25-18-4-3-17(19(26)23-18)24-10-13-5-11(1-2-14(13)20(24)27)8-21-15-6-12-7-16(15)22-9-12/h1-2,5,12,15-17,21-22H,3-4,6-10H2,(H,23,25,26). The number of nitrogens with zero attached hydrogens (tertiary/aromatic N) is 1. The Morgan fingerprint density at radius 2 is 2.07 bits per heavy atom. The molecule has 3 aliphatic heterocycles. The van der Waals surface area contributed by atoms with E-state index in [9.17, 15) is 14.4 Å². The lowest BCUT2D eigenvalue weighted by Gasteiger charge is -2.29. The summed E-state index contributed by atoms with van der Waals surface area (Å²) >= 11 is 0. The molecule has 1 aromatic carbocycles. The lowest BCUT2D eigenvalue weighted by Crippen LogP contribution is -2.52. The van der Waals surface area contributed by atoms with Crippen LogP contribution < -0.4 is 16.0 Å². The highest BCUT2D eigenvalue weighted by Crippen LogP contribution is 2.32. The second kappa shape index (κ2) is 6.42. The lowest BCUT2D eigenvalue weighted by molar-refractivity contribution is -0.136. The molecule has 0 aromatic heterocycles. The second-order valence-electron chi connectivity index (χ2n) is 8.23. The molecular weight excluding hydrogens is 344 g/mol. The smallest absolute Gasteiger partial charge is 0.255 e. The van der Waals surface area contributed by atoms with Crippen molar-refractivity contribution in [2.24, 2.45) is 5.92 Å². The first-order valence-corrected chi connectivity index (χ1v) is 9.82. The van der Waals surface area contributed by atoms with Crippen molar-refractivity contribution in [3.63, 3.8) is 0 Å². The van der Waals surface area contributed by atoms with Crippen LogP contribution >= 0.6 is 0 Å². The van der Waals surface area contributed by atoms with Gasteiger partial charge in [0, 0.05) is 37.2 Å². The van der Waals surface area contributed by atoms with Crippen molar-refractivity contribution < 1.29 is 14.4 Å². The minimum atomic E-state index is -0.552. The third-order valence-corrected chi connectivity index (χ3v) is 6.49. The first-order chi connectivity index (χ1) is 13.1. The molecule has 7 heteroatoms. The minimum absolute atomic E-state index is 0.115. The molecule has 0 radical (unpaired) electrons. The number of fused-ring (bicyclic) bond motifs is 3. The fraction of sp³-hybridized carbons (Fsp3) is 0.550. The maximum atomic E-state index is 12.7. The van der Waals surface area contributed by atoms with Crippen molar-refractivity contribution in [2.45, 2.75) is 56.9 Å². The predicted molar refractivity (Wildman–Crippen MR) is 97.6 cm³/mol. The van der Waals surface area contributed by atoms with Crippen LogP contribution in [-0.2, 0) is 22.7 Å². The van der Waals surface area contributed by atoms with Gasteiger partial charge in [0.2, 0.25) is 11.8 Å². The van der Waals surface area contributed by atoms with Crippen LogP contribution in [0.15, 0.2) is 18.2 Å². The summed E-state index contributed by atoms with van der Waals surface area (Å²) in [4.78, 5) is 37.8. The van der Waals surface area contributed by atoms with Gasteiger partial charge in [0.15, 0.2) is 0 Å². The molecule has 2 saturated heterocycles. The molecule has 3 heterocycles. The summed E-state index contributed by atoms with van der Waals surface area (Å²) < 4.78 is 0. The van der Waals surface area contributed by atoms with Crippen molar-refractivity contribution >= 4 is 17.7 Å². The highest BCUT2D eigenvalue weighted by molar-refractivity contribution is 6.05. The number of hydrogen-bond acceptors (Lipinski definition) is 5. The Hall–Kier alpha value is -2.25. The van der Waals surface area contributed by atoms with Crippen LogP contribution in [0.5, 0.6) is 0 Å². The van der Waals surface area contributed by atoms with Gasteiger partial charge in [-0.15, -0.1) is 0 Å². The Morgan fingerprint density at radius 3 is 2.81 bits per heavy atom. The molecule has 27 heavy (non-hydrogen) atoms. The number of nitrogens with one attached hydrogen (secondary N) is 3. The van der Waals surface area contributed by atoms with E-state index >= 15 is 0 Å². The molecule has 1 saturated carbocycles. The van der Waals surface area contributed by atoms with Gasteiger partial charge in [-0.25, -0.2) is 0 Å². The van der Waals surface area contributed by atoms with E-state index in [1.165, 1.54) is 12.8 Å². The number of carbonyl (C=O) groups excluding carboxylic acids is 3. The van der Waals surface area contributed by atoms with Crippen LogP contribution in [0.25, 0.3) is 0 Å². The normalized spacial score (nSPS) is 32.1. The Balaban J connectivity index is 1.26. The van der Waals surface area contributed by atoms with Gasteiger partial charge in [0.25, 0.3) is 5.91 Å². The van der Waals surface area contributed by atoms with Gasteiger partial charge in [-0.1, -0.05) is 12.1 Å². The average molecular weight is 368 g/mol. The number of amides is 3. The molecule has 3 amide bonds. The van der Waals surface area contributed by atoms with E-state index in [2.05, 4.69) is 22.0 Å². The quantitative estimate of drug-likeness (QED) is 0.665. The van der Waals surface area contributed by atoms with Crippen molar-refractivity contribution in [1.29, 1.82) is 0 Å². The molecule has 4 unspecified atom stereocenters. The Labute approximate surface area is 157 Å². The summed E-state index contributed by atoms with van der Waals surface area (Å²) in [5, 5.41) is 9.56. The monoisotopic (exact) mass is 368 g/mol. The van der Waals surface area contributed by atoms with Crippen LogP contribution in [0.2, 0.25) is 0 Å². The van der Waals surface area contributed by atoms with E-state index in [-0.39, 0.29) is 24.1 Å². The van der Waals surface area contributed by atoms with Gasteiger partial charge in [-0.2, -0.15) is 0 Å². The summed E-state index contributed by atoms with van der Waals surface area (Å²) in [6, 6.07) is 6.52. The van der Waals surface area contributed by atoms with Gasteiger partial charge in [0.1, 0.15) is 6.04 Å². The molecule has 5 rings (SSSR count). The third kappa shape index (κ3) is 2.95. The number of hydrogen-bond donors (Lipinski definition) is 3. The van der Waals surface area contributed by atoms with Crippen molar-refractivity contribution in [3.8, 4) is 0 Å². The minimum Gasteiger partial charge on any atom is -0.322 e. The molecule has 3 fully saturated rings. The molecular formula is C20H24N4O3. The van der Waals surface area contributed by atoms with E-state index in [0.717, 1.165) is 30.1 Å². The molecule has 7 nitrogen and oxygen atoms in total. The molecule has 2 bridgehead atoms. The van der Waals surface area contributed by atoms with Gasteiger partial charge in [-0.05, 0) is 48.9 Å². The van der Waals surface area contributed by atoms with Gasteiger partial charge in [0.05, 0.1) is 0 Å². The zero-order chi connectivity index (χ0) is 18.5. The average Bonchev–Trinajstić information content (AvgIpc) is 3.35. The van der Waals surface area contributed by atoms with Crippen LogP contribution in [0, 0.1) is 5.92 Å². The summed E-state index contributed by atoms with van der Waals surface area (Å²) in [7, 11) is 0. The summed E-state index contributed by atoms with van der Waals surface area (Å²) in [5.41, 5.74) is 2.80. The summed E-state index contributed by atoms with van der Waals surface area (Å²) in [6.07, 6.45) is 3.20. The van der Waals surface area contributed by atoms with E-state index in [1.54, 1.807) is 4.90 Å². The van der Waals surface area contributed by atoms with E-state index in [4.69, 9.17) is 0 Å². The molecule has 4 atom stereocenters. The van der Waals surface area contributed by atoms with Crippen LogP contribution in [0.4, 0.5) is 0 Å². The topological polar surface area (TPSA) is 90.5 Å². The maximum absolute atomic E-state index is 12.7. The lowest BCUT2D eigenvalue weighted by atomic mass is 10.0. The highest BCUT2D eigenvalue weighted by Gasteiger charge is 2.40. The number of piperidine rings is 2. The van der Waals surface area contributed by atoms with Gasteiger partial charge in [-0.3, -0.25) is 19.7 Å². The summed E-state index contributed by atoms with van der Waals surface area (Å²) in [6.45, 7) is 2.37. The number of rotatable bonds is 4. The second-order valence-corrected chi connectivity index (χ2v) is 8.23. The van der Waals surface area contributed by atoms with E-state index in [1.807, 2.05) is 12.1 Å². The van der Waals surface area contributed by atoms with Crippen molar-refractivity contribution in [2.75, 3.05) is 6.54 Å². The Bertz CT molecular complexity index is 823. The largest absolute Gasteiger partial charge is 0.322 e. The SMILES string of the molecule is O=C1CCC(N2Cc3cc(CNC4CC5CNC4C5)ccc3C2=O)C(=O)N1. The zero-order valence-electron chi connectivity index (χ0n) is 15.2. The van der Waals surface area contributed by atoms with Crippen molar-refractivity contribution in [1.82, 2.24) is 20.9 Å². The number of imide groups is 1. The van der Waals surface area contributed by atoms with Crippen LogP contribution in [0.1, 0.15) is 47.2 Å². The maximum Gasteiger partial charge on any atom is 0.255 e. The van der Waals surface area contributed by atoms with Gasteiger partial charge < -0.3 is 15.5 Å². The molecule has 1 aromatic rings. The fourth-order valence-corrected chi connectivity index (χ4v) is 5.07. The predicted octanol–water partition coefficient (Wildman–Crippen LogP) is 0.288. The van der Waals surface area contributed by atoms with Crippen molar-refractivity contribution in [3.05, 3.63) is 34.9 Å². The molecule has 1 aliphatic carbocycles. The molecule has 4 aliphatic rings. The van der Waals surface area contributed by atoms with Gasteiger partial charge >= 0.3 is 0 Å². The zero-order valence-corrected chi connectivity index (χ0v) is 15.2. The summed E-state index contributed by atoms with van der Waals surface area (Å²) in [5.74, 6) is 0.0745. The molecule has 0 spiro atoms. The Morgan fingerprint density at radius 1 is 1.19 bits per heavy atom. The van der Waals surface area contributed by atoms with Crippen LogP contribution in [-0.4, -0.2) is 47.3 Å².